The van der Waals surface area contributed by atoms with Crippen molar-refractivity contribution < 1.29 is 19.1 Å². The van der Waals surface area contributed by atoms with Crippen molar-refractivity contribution in [3.63, 3.8) is 0 Å². The molecule has 0 atom stereocenters. The number of thioether (sulfide) groups is 1. The van der Waals surface area contributed by atoms with E-state index in [-0.39, 0.29) is 22.9 Å². The number of hydrogen-bond donors (Lipinski definition) is 2. The zero-order valence-corrected chi connectivity index (χ0v) is 11.4. The van der Waals surface area contributed by atoms with Crippen molar-refractivity contribution in [1.82, 2.24) is 0 Å². The Morgan fingerprint density at radius 1 is 1.42 bits per heavy atom. The highest BCUT2D eigenvalue weighted by Gasteiger charge is 2.13. The van der Waals surface area contributed by atoms with E-state index in [4.69, 9.17) is 5.11 Å². The van der Waals surface area contributed by atoms with E-state index in [2.05, 4.69) is 12.2 Å². The van der Waals surface area contributed by atoms with Gasteiger partial charge in [0.15, 0.2) is 0 Å². The highest BCUT2D eigenvalue weighted by molar-refractivity contribution is 7.99. The Morgan fingerprint density at radius 2 is 2.16 bits per heavy atom. The Morgan fingerprint density at radius 3 is 2.79 bits per heavy atom. The molecule has 0 saturated heterocycles. The van der Waals surface area contributed by atoms with Crippen LogP contribution in [-0.2, 0) is 4.79 Å². The van der Waals surface area contributed by atoms with Gasteiger partial charge in [0.1, 0.15) is 5.82 Å². The third-order valence-corrected chi connectivity index (χ3v) is 3.41. The molecule has 0 heterocycles. The van der Waals surface area contributed by atoms with Gasteiger partial charge in [0.25, 0.3) is 0 Å². The third kappa shape index (κ3) is 5.30. The first-order chi connectivity index (χ1) is 9.04. The van der Waals surface area contributed by atoms with Crippen molar-refractivity contribution >= 4 is 29.3 Å². The minimum atomic E-state index is -1.20. The van der Waals surface area contributed by atoms with Crippen LogP contribution in [0.15, 0.2) is 18.2 Å². The molecule has 1 rings (SSSR count). The second-order valence-electron chi connectivity index (χ2n) is 3.95. The molecule has 0 bridgehead atoms. The second kappa shape index (κ2) is 7.78. The van der Waals surface area contributed by atoms with E-state index in [1.165, 1.54) is 11.8 Å². The molecule has 6 heteroatoms. The lowest BCUT2D eigenvalue weighted by Gasteiger charge is -2.08. The summed E-state index contributed by atoms with van der Waals surface area (Å²) >= 11 is 1.47. The maximum atomic E-state index is 13.1. The van der Waals surface area contributed by atoms with E-state index in [0.29, 0.717) is 0 Å². The number of anilines is 1. The van der Waals surface area contributed by atoms with Gasteiger partial charge in [-0.1, -0.05) is 13.3 Å². The summed E-state index contributed by atoms with van der Waals surface area (Å²) in [5, 5.41) is 11.4. The molecule has 0 aliphatic carbocycles. The molecule has 0 fully saturated rings. The van der Waals surface area contributed by atoms with Gasteiger partial charge in [-0.15, -0.1) is 0 Å². The number of halogens is 1. The first kappa shape index (κ1) is 15.5. The number of amides is 1. The van der Waals surface area contributed by atoms with Crippen LogP contribution in [0, 0.1) is 5.82 Å². The van der Waals surface area contributed by atoms with Gasteiger partial charge in [0.05, 0.1) is 17.0 Å². The fraction of sp³-hybridized carbons (Fsp3) is 0.385. The van der Waals surface area contributed by atoms with Crippen molar-refractivity contribution in [2.75, 3.05) is 16.8 Å². The summed E-state index contributed by atoms with van der Waals surface area (Å²) in [5.41, 5.74) is -0.123. The van der Waals surface area contributed by atoms with Crippen LogP contribution in [-0.4, -0.2) is 28.5 Å². The lowest BCUT2D eigenvalue weighted by Crippen LogP contribution is -2.17. The molecule has 1 aromatic carbocycles. The monoisotopic (exact) mass is 285 g/mol. The molecule has 1 aromatic rings. The first-order valence-electron chi connectivity index (χ1n) is 5.95. The van der Waals surface area contributed by atoms with Gasteiger partial charge in [-0.3, -0.25) is 4.79 Å². The van der Waals surface area contributed by atoms with Crippen LogP contribution in [0.2, 0.25) is 0 Å². The van der Waals surface area contributed by atoms with Gasteiger partial charge >= 0.3 is 5.97 Å². The van der Waals surface area contributed by atoms with Crippen molar-refractivity contribution in [3.8, 4) is 0 Å². The number of carbonyl (C=O) groups excluding carboxylic acids is 1. The number of carboxylic acids is 1. The fourth-order valence-electron chi connectivity index (χ4n) is 1.40. The summed E-state index contributed by atoms with van der Waals surface area (Å²) in [6, 6.07) is 3.20. The minimum absolute atomic E-state index is 0.00593. The lowest BCUT2D eigenvalue weighted by molar-refractivity contribution is -0.113. The van der Waals surface area contributed by atoms with Crippen molar-refractivity contribution in [3.05, 3.63) is 29.6 Å². The average Bonchev–Trinajstić information content (AvgIpc) is 2.34. The van der Waals surface area contributed by atoms with Gasteiger partial charge in [-0.25, -0.2) is 9.18 Å². The number of rotatable bonds is 7. The maximum absolute atomic E-state index is 13.1. The normalized spacial score (nSPS) is 10.2. The number of aromatic carboxylic acids is 1. The van der Waals surface area contributed by atoms with E-state index in [1.807, 2.05) is 0 Å². The average molecular weight is 285 g/mol. The lowest BCUT2D eigenvalue weighted by atomic mass is 10.1. The van der Waals surface area contributed by atoms with Crippen LogP contribution in [0.4, 0.5) is 10.1 Å². The van der Waals surface area contributed by atoms with Crippen molar-refractivity contribution in [2.24, 2.45) is 0 Å². The van der Waals surface area contributed by atoms with Gasteiger partial charge in [-0.05, 0) is 30.4 Å². The number of carboxylic acid groups (broad SMARTS) is 1. The molecule has 0 spiro atoms. The summed E-state index contributed by atoms with van der Waals surface area (Å²) in [7, 11) is 0. The highest BCUT2D eigenvalue weighted by atomic mass is 32.2. The molecule has 104 valence electrons. The SMILES string of the molecule is CCCCSCC(=O)Nc1cc(F)ccc1C(=O)O. The van der Waals surface area contributed by atoms with Gasteiger partial charge in [0.2, 0.25) is 5.91 Å². The minimum Gasteiger partial charge on any atom is -0.478 e. The molecule has 0 saturated carbocycles. The van der Waals surface area contributed by atoms with Crippen LogP contribution in [0.3, 0.4) is 0 Å². The molecule has 1 amide bonds. The van der Waals surface area contributed by atoms with Crippen molar-refractivity contribution in [2.45, 2.75) is 19.8 Å². The van der Waals surface area contributed by atoms with Crippen LogP contribution >= 0.6 is 11.8 Å². The van der Waals surface area contributed by atoms with E-state index < -0.39 is 11.8 Å². The van der Waals surface area contributed by atoms with E-state index in [0.717, 1.165) is 36.8 Å². The number of benzene rings is 1. The number of carbonyl (C=O) groups is 2. The van der Waals surface area contributed by atoms with Gasteiger partial charge in [-0.2, -0.15) is 11.8 Å². The van der Waals surface area contributed by atoms with Crippen LogP contribution in [0.1, 0.15) is 30.1 Å². The van der Waals surface area contributed by atoms with Gasteiger partial charge < -0.3 is 10.4 Å². The van der Waals surface area contributed by atoms with Crippen LogP contribution in [0.5, 0.6) is 0 Å². The quantitative estimate of drug-likeness (QED) is 0.756. The molecule has 0 radical (unpaired) electrons. The molecule has 19 heavy (non-hydrogen) atoms. The first-order valence-corrected chi connectivity index (χ1v) is 7.10. The molecule has 0 unspecified atom stereocenters. The molecular weight excluding hydrogens is 269 g/mol. The summed E-state index contributed by atoms with van der Waals surface area (Å²) in [6.07, 6.45) is 2.08. The topological polar surface area (TPSA) is 66.4 Å². The summed E-state index contributed by atoms with van der Waals surface area (Å²) in [6.45, 7) is 2.06. The van der Waals surface area contributed by atoms with E-state index in [1.54, 1.807) is 0 Å². The number of unbranched alkanes of at least 4 members (excludes halogenated alkanes) is 1. The zero-order valence-electron chi connectivity index (χ0n) is 10.6. The second-order valence-corrected chi connectivity index (χ2v) is 5.05. The predicted molar refractivity (Wildman–Crippen MR) is 74.2 cm³/mol. The van der Waals surface area contributed by atoms with E-state index in [9.17, 15) is 14.0 Å². The molecule has 0 aromatic heterocycles. The summed E-state index contributed by atoms with van der Waals surface area (Å²) < 4.78 is 13.1. The fourth-order valence-corrected chi connectivity index (χ4v) is 2.30. The third-order valence-electron chi connectivity index (χ3n) is 2.36. The van der Waals surface area contributed by atoms with Crippen molar-refractivity contribution in [1.29, 1.82) is 0 Å². The Hall–Kier alpha value is -1.56. The molecule has 0 aliphatic rings. The standard InChI is InChI=1S/C13H16FNO3S/c1-2-3-6-19-8-12(16)15-11-7-9(14)4-5-10(11)13(17)18/h4-5,7H,2-3,6,8H2,1H3,(H,15,16)(H,17,18). The predicted octanol–water partition coefficient (Wildman–Crippen LogP) is 3.00. The van der Waals surface area contributed by atoms with Crippen LogP contribution < -0.4 is 5.32 Å². The van der Waals surface area contributed by atoms with E-state index >= 15 is 0 Å². The Labute approximate surface area is 115 Å². The largest absolute Gasteiger partial charge is 0.478 e. The molecule has 2 N–H and O–H groups in total. The molecular formula is C13H16FNO3S. The smallest absolute Gasteiger partial charge is 0.337 e. The molecule has 0 aliphatic heterocycles. The summed E-state index contributed by atoms with van der Waals surface area (Å²) in [4.78, 5) is 22.5. The number of hydrogen-bond acceptors (Lipinski definition) is 3. The summed E-state index contributed by atoms with van der Waals surface area (Å²) in [5.74, 6) is -1.00. The number of nitrogens with one attached hydrogen (secondary N) is 1. The Bertz CT molecular complexity index is 465. The van der Waals surface area contributed by atoms with Gasteiger partial charge in [0, 0.05) is 0 Å². The zero-order chi connectivity index (χ0) is 14.3. The van der Waals surface area contributed by atoms with Crippen LogP contribution in [0.25, 0.3) is 0 Å². The maximum Gasteiger partial charge on any atom is 0.337 e. The Kier molecular flexibility index (Phi) is 6.35. The Balaban J connectivity index is 2.62. The molecule has 4 nitrogen and oxygen atoms in total. The highest BCUT2D eigenvalue weighted by Crippen LogP contribution is 2.18.